The number of halogens is 1. The molecule has 0 spiro atoms. The fourth-order valence-electron chi connectivity index (χ4n) is 4.78. The van der Waals surface area contributed by atoms with Crippen molar-refractivity contribution in [1.29, 1.82) is 0 Å². The Morgan fingerprint density at radius 1 is 1.15 bits per heavy atom. The third-order valence-corrected chi connectivity index (χ3v) is 8.31. The minimum Gasteiger partial charge on any atom is -0.506 e. The Labute approximate surface area is 241 Å². The topological polar surface area (TPSA) is 76.3 Å². The van der Waals surface area contributed by atoms with Gasteiger partial charge in [-0.15, -0.1) is 0 Å². The number of morpholine rings is 1. The van der Waals surface area contributed by atoms with Gasteiger partial charge in [0, 0.05) is 34.6 Å². The van der Waals surface area contributed by atoms with Gasteiger partial charge in [-0.05, 0) is 84.7 Å². The number of ether oxygens (including phenoxy) is 2. The number of thioether (sulfide) groups is 1. The molecule has 1 saturated heterocycles. The Balaban J connectivity index is 1.49. The molecule has 39 heavy (non-hydrogen) atoms. The van der Waals surface area contributed by atoms with Crippen molar-refractivity contribution in [3.63, 3.8) is 0 Å². The summed E-state index contributed by atoms with van der Waals surface area (Å²) < 4.78 is 13.9. The highest BCUT2D eigenvalue weighted by molar-refractivity contribution is 9.10. The molecule has 202 valence electrons. The van der Waals surface area contributed by atoms with Gasteiger partial charge in [0.25, 0.3) is 0 Å². The molecule has 0 saturated carbocycles. The standard InChI is InChI=1S/C30H30BrN3O4S/c1-4-38-30(36)27-28(35)26(39-29(27)32-22-8-6-5-7-9-22)17-21-16-19(2)34(20(21)3)23-10-11-25(24(31)18-23)33-12-14-37-15-13-33/h5-11,16-18,35H,4,12-15H2,1-3H3/b26-17-,32-29?. The van der Waals surface area contributed by atoms with Crippen molar-refractivity contribution in [3.05, 3.63) is 92.3 Å². The lowest BCUT2D eigenvalue weighted by atomic mass is 10.1. The lowest BCUT2D eigenvalue weighted by Gasteiger charge is -2.30. The molecule has 9 heteroatoms. The number of aryl methyl sites for hydroxylation is 1. The quantitative estimate of drug-likeness (QED) is 0.308. The Morgan fingerprint density at radius 3 is 2.59 bits per heavy atom. The highest BCUT2D eigenvalue weighted by Gasteiger charge is 2.33. The fraction of sp³-hybridized carbons (Fsp3) is 0.267. The van der Waals surface area contributed by atoms with Crippen LogP contribution in [0, 0.1) is 13.8 Å². The zero-order valence-electron chi connectivity index (χ0n) is 22.1. The average Bonchev–Trinajstić information content (AvgIpc) is 3.39. The van der Waals surface area contributed by atoms with E-state index < -0.39 is 5.97 Å². The molecule has 0 aliphatic carbocycles. The van der Waals surface area contributed by atoms with E-state index in [0.29, 0.717) is 15.6 Å². The number of benzene rings is 2. The van der Waals surface area contributed by atoms with E-state index in [4.69, 9.17) is 9.47 Å². The normalized spacial score (nSPS) is 17.9. The van der Waals surface area contributed by atoms with Gasteiger partial charge in [-0.3, -0.25) is 0 Å². The van der Waals surface area contributed by atoms with Crippen molar-refractivity contribution >= 4 is 56.2 Å². The van der Waals surface area contributed by atoms with E-state index in [2.05, 4.69) is 68.5 Å². The summed E-state index contributed by atoms with van der Waals surface area (Å²) in [6, 6.07) is 17.8. The number of para-hydroxylation sites is 1. The summed E-state index contributed by atoms with van der Waals surface area (Å²) in [6.45, 7) is 9.26. The van der Waals surface area contributed by atoms with Crippen LogP contribution in [0.25, 0.3) is 11.8 Å². The van der Waals surface area contributed by atoms with Crippen LogP contribution >= 0.6 is 27.7 Å². The maximum absolute atomic E-state index is 12.8. The summed E-state index contributed by atoms with van der Waals surface area (Å²) in [7, 11) is 0. The molecule has 2 aliphatic rings. The monoisotopic (exact) mass is 607 g/mol. The molecule has 2 aliphatic heterocycles. The highest BCUT2D eigenvalue weighted by Crippen LogP contribution is 2.41. The molecule has 0 unspecified atom stereocenters. The second-order valence-corrected chi connectivity index (χ2v) is 11.1. The number of rotatable bonds is 6. The van der Waals surface area contributed by atoms with E-state index in [1.165, 1.54) is 11.8 Å². The summed E-state index contributed by atoms with van der Waals surface area (Å²) in [6.07, 6.45) is 1.91. The van der Waals surface area contributed by atoms with Crippen LogP contribution in [0.1, 0.15) is 23.9 Å². The summed E-state index contributed by atoms with van der Waals surface area (Å²) in [5.74, 6) is -0.702. The molecule has 1 N–H and O–H groups in total. The predicted molar refractivity (Wildman–Crippen MR) is 161 cm³/mol. The van der Waals surface area contributed by atoms with E-state index >= 15 is 0 Å². The molecular formula is C30H30BrN3O4S. The van der Waals surface area contributed by atoms with Crippen molar-refractivity contribution in [2.24, 2.45) is 4.99 Å². The van der Waals surface area contributed by atoms with E-state index in [-0.39, 0.29) is 17.9 Å². The van der Waals surface area contributed by atoms with Crippen molar-refractivity contribution < 1.29 is 19.4 Å². The number of aliphatic imine (C=N–C) groups is 1. The summed E-state index contributed by atoms with van der Waals surface area (Å²) in [4.78, 5) is 20.3. The summed E-state index contributed by atoms with van der Waals surface area (Å²) >= 11 is 5.04. The third-order valence-electron chi connectivity index (χ3n) is 6.66. The summed E-state index contributed by atoms with van der Waals surface area (Å²) in [5, 5.41) is 11.5. The van der Waals surface area contributed by atoms with E-state index in [0.717, 1.165) is 59.1 Å². The van der Waals surface area contributed by atoms with Gasteiger partial charge < -0.3 is 24.0 Å². The molecule has 2 aromatic carbocycles. The molecule has 0 atom stereocenters. The molecule has 0 radical (unpaired) electrons. The van der Waals surface area contributed by atoms with Gasteiger partial charge in [0.15, 0.2) is 0 Å². The molecule has 1 aromatic heterocycles. The van der Waals surface area contributed by atoms with Crippen LogP contribution in [0.2, 0.25) is 0 Å². The Kier molecular flexibility index (Phi) is 8.30. The number of nitrogens with zero attached hydrogens (tertiary/aromatic N) is 3. The van der Waals surface area contributed by atoms with Gasteiger partial charge in [0.1, 0.15) is 16.4 Å². The van der Waals surface area contributed by atoms with Crippen molar-refractivity contribution in [2.75, 3.05) is 37.8 Å². The zero-order chi connectivity index (χ0) is 27.5. The van der Waals surface area contributed by atoms with E-state index in [1.807, 2.05) is 36.4 Å². The largest absolute Gasteiger partial charge is 0.506 e. The number of esters is 1. The molecule has 0 bridgehead atoms. The lowest BCUT2D eigenvalue weighted by Crippen LogP contribution is -2.36. The number of aromatic nitrogens is 1. The second-order valence-electron chi connectivity index (χ2n) is 9.20. The summed E-state index contributed by atoms with van der Waals surface area (Å²) in [5.41, 5.74) is 6.00. The molecule has 3 heterocycles. The number of anilines is 1. The van der Waals surface area contributed by atoms with Crippen molar-refractivity contribution in [2.45, 2.75) is 20.8 Å². The molecule has 1 fully saturated rings. The third kappa shape index (κ3) is 5.71. The molecule has 3 aromatic rings. The maximum atomic E-state index is 12.8. The first-order chi connectivity index (χ1) is 18.9. The Hall–Kier alpha value is -3.27. The van der Waals surface area contributed by atoms with Crippen LogP contribution in [0.3, 0.4) is 0 Å². The number of aliphatic hydroxyl groups is 1. The van der Waals surface area contributed by atoms with Gasteiger partial charge >= 0.3 is 5.97 Å². The minimum atomic E-state index is -0.587. The van der Waals surface area contributed by atoms with Crippen LogP contribution < -0.4 is 4.90 Å². The van der Waals surface area contributed by atoms with Crippen LogP contribution in [-0.2, 0) is 14.3 Å². The first kappa shape index (κ1) is 27.3. The second kappa shape index (κ2) is 11.9. The first-order valence-electron chi connectivity index (χ1n) is 12.8. The predicted octanol–water partition coefficient (Wildman–Crippen LogP) is 6.89. The minimum absolute atomic E-state index is 0.0911. The van der Waals surface area contributed by atoms with Crippen molar-refractivity contribution in [1.82, 2.24) is 4.57 Å². The van der Waals surface area contributed by atoms with Gasteiger partial charge in [0.05, 0.1) is 36.1 Å². The van der Waals surface area contributed by atoms with Gasteiger partial charge in [-0.2, -0.15) is 0 Å². The van der Waals surface area contributed by atoms with Gasteiger partial charge in [0.2, 0.25) is 0 Å². The lowest BCUT2D eigenvalue weighted by molar-refractivity contribution is -0.138. The number of carbonyl (C=O) groups is 1. The van der Waals surface area contributed by atoms with E-state index in [1.54, 1.807) is 6.92 Å². The zero-order valence-corrected chi connectivity index (χ0v) is 24.5. The smallest absolute Gasteiger partial charge is 0.344 e. The molecule has 5 rings (SSSR count). The van der Waals surface area contributed by atoms with E-state index in [9.17, 15) is 9.90 Å². The number of hydrogen-bond donors (Lipinski definition) is 1. The molecular weight excluding hydrogens is 578 g/mol. The van der Waals surface area contributed by atoms with Crippen LogP contribution in [0.15, 0.2) is 80.3 Å². The van der Waals surface area contributed by atoms with Gasteiger partial charge in [-0.25, -0.2) is 9.79 Å². The van der Waals surface area contributed by atoms with Crippen molar-refractivity contribution in [3.8, 4) is 5.69 Å². The van der Waals surface area contributed by atoms with Gasteiger partial charge in [-0.1, -0.05) is 30.0 Å². The Bertz CT molecular complexity index is 1490. The Morgan fingerprint density at radius 2 is 1.90 bits per heavy atom. The maximum Gasteiger partial charge on any atom is 0.344 e. The van der Waals surface area contributed by atoms with Crippen LogP contribution in [0.4, 0.5) is 11.4 Å². The number of carbonyl (C=O) groups excluding carboxylic acids is 1. The van der Waals surface area contributed by atoms with Crippen LogP contribution in [0.5, 0.6) is 0 Å². The first-order valence-corrected chi connectivity index (χ1v) is 14.4. The highest BCUT2D eigenvalue weighted by atomic mass is 79.9. The number of hydrogen-bond acceptors (Lipinski definition) is 7. The SMILES string of the molecule is CCOC(=O)C1=C(O)/C(=C/c2cc(C)n(-c3ccc(N4CCOCC4)c(Br)c3)c2C)SC1=Nc1ccccc1. The molecule has 7 nitrogen and oxygen atoms in total. The fourth-order valence-corrected chi connectivity index (χ4v) is 6.42. The average molecular weight is 609 g/mol. The molecule has 0 amide bonds. The number of aliphatic hydroxyl groups excluding tert-OH is 1. The van der Waals surface area contributed by atoms with Crippen LogP contribution in [-0.4, -0.2) is 53.6 Å².